The highest BCUT2D eigenvalue weighted by Crippen LogP contribution is 2.31. The van der Waals surface area contributed by atoms with Crippen LogP contribution in [-0.4, -0.2) is 4.98 Å². The molecule has 1 aromatic heterocycles. The summed E-state index contributed by atoms with van der Waals surface area (Å²) < 4.78 is 44.5. The van der Waals surface area contributed by atoms with Crippen LogP contribution in [0.1, 0.15) is 0 Å². The molecule has 0 aliphatic carbocycles. The first-order valence-electron chi connectivity index (χ1n) is 4.97. The molecule has 0 bridgehead atoms. The van der Waals surface area contributed by atoms with Crippen molar-refractivity contribution in [3.63, 3.8) is 0 Å². The van der Waals surface area contributed by atoms with Crippen LogP contribution in [0.2, 0.25) is 5.02 Å². The molecule has 3 N–H and O–H groups in total. The van der Waals surface area contributed by atoms with Gasteiger partial charge in [0.05, 0.1) is 5.02 Å². The second-order valence-corrected chi connectivity index (χ2v) is 3.83. The summed E-state index contributed by atoms with van der Waals surface area (Å²) in [6, 6.07) is 3.80. The largest absolute Gasteiger partial charge is 0.435 e. The van der Waals surface area contributed by atoms with Gasteiger partial charge in [-0.05, 0) is 18.2 Å². The minimum absolute atomic E-state index is 0.0240. The van der Waals surface area contributed by atoms with Crippen LogP contribution >= 0.6 is 11.6 Å². The number of hydrazine groups is 1. The quantitative estimate of drug-likeness (QED) is 0.673. The molecule has 0 spiro atoms. The van der Waals surface area contributed by atoms with Crippen LogP contribution in [0.3, 0.4) is 0 Å². The van der Waals surface area contributed by atoms with Crippen molar-refractivity contribution in [3.8, 4) is 11.6 Å². The molecule has 2 aromatic rings. The van der Waals surface area contributed by atoms with E-state index in [0.29, 0.717) is 6.07 Å². The highest BCUT2D eigenvalue weighted by atomic mass is 35.5. The Morgan fingerprint density at radius 2 is 1.89 bits per heavy atom. The maximum Gasteiger partial charge on any atom is 0.258 e. The average molecular weight is 290 g/mol. The van der Waals surface area contributed by atoms with Gasteiger partial charge in [0.1, 0.15) is 11.6 Å². The zero-order chi connectivity index (χ0) is 14.0. The summed E-state index contributed by atoms with van der Waals surface area (Å²) in [6.45, 7) is 0. The van der Waals surface area contributed by atoms with Crippen LogP contribution in [-0.2, 0) is 0 Å². The maximum absolute atomic E-state index is 13.5. The van der Waals surface area contributed by atoms with Gasteiger partial charge >= 0.3 is 0 Å². The molecule has 4 nitrogen and oxygen atoms in total. The van der Waals surface area contributed by atoms with Crippen molar-refractivity contribution in [1.82, 2.24) is 4.98 Å². The number of rotatable bonds is 3. The van der Waals surface area contributed by atoms with Crippen molar-refractivity contribution < 1.29 is 17.9 Å². The van der Waals surface area contributed by atoms with Crippen LogP contribution in [0.25, 0.3) is 0 Å². The van der Waals surface area contributed by atoms with Gasteiger partial charge < -0.3 is 10.2 Å². The van der Waals surface area contributed by atoms with Crippen molar-refractivity contribution in [2.24, 2.45) is 5.84 Å². The summed E-state index contributed by atoms with van der Waals surface area (Å²) >= 11 is 5.71. The molecule has 19 heavy (non-hydrogen) atoms. The lowest BCUT2D eigenvalue weighted by Crippen LogP contribution is -2.11. The summed E-state index contributed by atoms with van der Waals surface area (Å²) in [5.74, 6) is 1.46. The van der Waals surface area contributed by atoms with Gasteiger partial charge in [0, 0.05) is 6.07 Å². The van der Waals surface area contributed by atoms with E-state index in [1.54, 1.807) is 0 Å². The molecule has 0 radical (unpaired) electrons. The lowest BCUT2D eigenvalue weighted by molar-refractivity contribution is 0.417. The number of nitrogens with zero attached hydrogens (tertiary/aromatic N) is 1. The first-order chi connectivity index (χ1) is 9.01. The van der Waals surface area contributed by atoms with E-state index in [4.69, 9.17) is 22.2 Å². The average Bonchev–Trinajstić information content (AvgIpc) is 2.35. The summed E-state index contributed by atoms with van der Waals surface area (Å²) in [7, 11) is 0. The number of hydrogen-bond donors (Lipinski definition) is 2. The Hall–Kier alpha value is -1.99. The molecule has 100 valence electrons. The maximum atomic E-state index is 13.5. The van der Waals surface area contributed by atoms with Gasteiger partial charge in [-0.25, -0.2) is 19.0 Å². The minimum atomic E-state index is -1.04. The molecule has 0 amide bonds. The fourth-order valence-corrected chi connectivity index (χ4v) is 1.49. The molecule has 2 rings (SSSR count). The highest BCUT2D eigenvalue weighted by Gasteiger charge is 2.14. The summed E-state index contributed by atoms with van der Waals surface area (Å²) in [4.78, 5) is 3.49. The number of anilines is 1. The van der Waals surface area contributed by atoms with Gasteiger partial charge in [-0.3, -0.25) is 0 Å². The van der Waals surface area contributed by atoms with Gasteiger partial charge in [0.15, 0.2) is 17.5 Å². The third-order valence-electron chi connectivity index (χ3n) is 2.13. The zero-order valence-corrected chi connectivity index (χ0v) is 10.0. The number of aromatic nitrogens is 1. The molecule has 1 heterocycles. The Balaban J connectivity index is 2.37. The van der Waals surface area contributed by atoms with Gasteiger partial charge in [0.2, 0.25) is 0 Å². The van der Waals surface area contributed by atoms with E-state index in [2.05, 4.69) is 4.98 Å². The van der Waals surface area contributed by atoms with Crippen LogP contribution in [0.4, 0.5) is 19.0 Å². The van der Waals surface area contributed by atoms with Crippen LogP contribution < -0.4 is 16.0 Å². The van der Waals surface area contributed by atoms with E-state index in [0.717, 1.165) is 12.1 Å². The Morgan fingerprint density at radius 1 is 1.16 bits per heavy atom. The van der Waals surface area contributed by atoms with E-state index >= 15 is 0 Å². The monoisotopic (exact) mass is 289 g/mol. The van der Waals surface area contributed by atoms with E-state index in [1.165, 1.54) is 6.07 Å². The molecule has 0 atom stereocenters. The van der Waals surface area contributed by atoms with Gasteiger partial charge in [0.25, 0.3) is 5.88 Å². The third kappa shape index (κ3) is 2.88. The SMILES string of the molecule is NNc1nc(Oc2ccc(F)cc2Cl)c(F)cc1F. The Morgan fingerprint density at radius 3 is 2.53 bits per heavy atom. The van der Waals surface area contributed by atoms with Crippen LogP contribution in [0, 0.1) is 17.5 Å². The molecule has 1 aromatic carbocycles. The van der Waals surface area contributed by atoms with Crippen molar-refractivity contribution in [2.75, 3.05) is 5.43 Å². The summed E-state index contributed by atoms with van der Waals surface area (Å²) in [5.41, 5.74) is 1.95. The normalized spacial score (nSPS) is 10.4. The molecule has 8 heteroatoms. The molecule has 0 aliphatic heterocycles. The lowest BCUT2D eigenvalue weighted by Gasteiger charge is -2.09. The van der Waals surface area contributed by atoms with Gasteiger partial charge in [-0.1, -0.05) is 11.6 Å². The highest BCUT2D eigenvalue weighted by molar-refractivity contribution is 6.32. The van der Waals surface area contributed by atoms with Crippen LogP contribution in [0.15, 0.2) is 24.3 Å². The zero-order valence-electron chi connectivity index (χ0n) is 9.25. The van der Waals surface area contributed by atoms with E-state index in [1.807, 2.05) is 5.43 Å². The summed E-state index contributed by atoms with van der Waals surface area (Å²) in [5, 5.41) is -0.0761. The Kier molecular flexibility index (Phi) is 3.77. The minimum Gasteiger partial charge on any atom is -0.435 e. The number of ether oxygens (including phenoxy) is 1. The number of pyridine rings is 1. The first-order valence-corrected chi connectivity index (χ1v) is 5.34. The number of halogens is 4. The second kappa shape index (κ2) is 5.33. The number of nitrogens with two attached hydrogens (primary N) is 1. The molecule has 0 fully saturated rings. The van der Waals surface area contributed by atoms with Crippen molar-refractivity contribution in [3.05, 3.63) is 46.7 Å². The number of hydrogen-bond acceptors (Lipinski definition) is 4. The Bertz CT molecular complexity index is 624. The second-order valence-electron chi connectivity index (χ2n) is 3.43. The molecular weight excluding hydrogens is 283 g/mol. The van der Waals surface area contributed by atoms with E-state index < -0.39 is 29.1 Å². The lowest BCUT2D eigenvalue weighted by atomic mass is 10.3. The predicted molar refractivity (Wildman–Crippen MR) is 63.4 cm³/mol. The summed E-state index contributed by atoms with van der Waals surface area (Å²) in [6.07, 6.45) is 0. The number of nitrogen functional groups attached to an aromatic ring is 1. The smallest absolute Gasteiger partial charge is 0.258 e. The molecule has 0 saturated carbocycles. The number of nitrogens with one attached hydrogen (secondary N) is 1. The topological polar surface area (TPSA) is 60.2 Å². The van der Waals surface area contributed by atoms with E-state index in [-0.39, 0.29) is 10.8 Å². The Labute approximate surface area is 110 Å². The van der Waals surface area contributed by atoms with Crippen molar-refractivity contribution in [1.29, 1.82) is 0 Å². The van der Waals surface area contributed by atoms with Crippen molar-refractivity contribution >= 4 is 17.4 Å². The predicted octanol–water partition coefficient (Wildman–Crippen LogP) is 3.23. The number of benzene rings is 1. The van der Waals surface area contributed by atoms with Gasteiger partial charge in [-0.2, -0.15) is 4.98 Å². The third-order valence-corrected chi connectivity index (χ3v) is 2.43. The molecule has 0 unspecified atom stereocenters. The first kappa shape index (κ1) is 13.4. The van der Waals surface area contributed by atoms with Gasteiger partial charge in [-0.15, -0.1) is 0 Å². The van der Waals surface area contributed by atoms with Crippen LogP contribution in [0.5, 0.6) is 11.6 Å². The van der Waals surface area contributed by atoms with E-state index in [9.17, 15) is 13.2 Å². The fraction of sp³-hybridized carbons (Fsp3) is 0. The standard InChI is InChI=1S/C11H7ClF3N3O/c12-6-3-5(13)1-2-9(6)19-11-8(15)4-7(14)10(17-11)18-16/h1-4H,16H2,(H,17,18). The fourth-order valence-electron chi connectivity index (χ4n) is 1.28. The molecule has 0 saturated heterocycles. The molecular formula is C11H7ClF3N3O. The molecule has 0 aliphatic rings. The van der Waals surface area contributed by atoms with Crippen molar-refractivity contribution in [2.45, 2.75) is 0 Å².